The molecule has 12 aromatic rings. The van der Waals surface area contributed by atoms with Gasteiger partial charge >= 0.3 is 0 Å². The Bertz CT molecular complexity index is 5750. The van der Waals surface area contributed by atoms with Crippen LogP contribution in [-0.2, 0) is 46.4 Å². The lowest BCUT2D eigenvalue weighted by atomic mass is 9.66. The van der Waals surface area contributed by atoms with E-state index in [4.69, 9.17) is 0 Å². The monoisotopic (exact) mass is 1510 g/mol. The molecular formula is C101H126N4Si4+4. The Labute approximate surface area is 659 Å². The molecule has 2 fully saturated rings. The third-order valence-electron chi connectivity index (χ3n) is 27.5. The second-order valence-electron chi connectivity index (χ2n) is 39.4. The Morgan fingerprint density at radius 2 is 0.670 bits per heavy atom. The molecule has 0 amide bonds. The van der Waals surface area contributed by atoms with Crippen molar-refractivity contribution in [2.24, 2.45) is 28.2 Å². The lowest BCUT2D eigenvalue weighted by molar-refractivity contribution is -0.665. The van der Waals surface area contributed by atoms with Gasteiger partial charge in [0.25, 0.3) is 0 Å². The number of nitrogens with zero attached hydrogens (tertiary/aromatic N) is 4. The van der Waals surface area contributed by atoms with Gasteiger partial charge in [0.05, 0.1) is 76.1 Å². The number of pyridine rings is 4. The molecule has 4 aromatic heterocycles. The number of aromatic nitrogens is 4. The molecule has 4 heterocycles. The first-order chi connectivity index (χ1) is 51.3. The van der Waals surface area contributed by atoms with E-state index in [2.05, 4.69) is 340 Å². The maximum Gasteiger partial charge on any atom is 0.221 e. The molecule has 2 saturated carbocycles. The van der Waals surface area contributed by atoms with Crippen LogP contribution >= 0.6 is 0 Å². The second-order valence-corrected chi connectivity index (χ2v) is 59.7. The lowest BCUT2D eigenvalue weighted by Crippen LogP contribution is -2.42. The molecular weight excluding hydrogens is 1380 g/mol. The lowest BCUT2D eigenvalue weighted by Gasteiger charge is -2.38. The number of benzene rings is 8. The van der Waals surface area contributed by atoms with Crippen molar-refractivity contribution in [2.75, 3.05) is 0 Å². The molecule has 8 aromatic carbocycles. The Morgan fingerprint density at radius 1 is 0.321 bits per heavy atom. The molecule has 19 rings (SSSR count). The van der Waals surface area contributed by atoms with Gasteiger partial charge in [-0.05, 0) is 240 Å². The standard InChI is InChI=1S/C27H34NSi.C26H32NSi.2C24H30NSi/c1-17-13-25-19-7-9-20(10-8-19)26(25)16-24(17)27-23-12-11-22(29(4,5)6)15-21(23)14-18(2)28(27)3;1-16-11-24-18-7-8-19(13-18)25(24)15-23(16)26-22-10-9-21(28(4,5)6)14-20(22)12-17(2)27(26)3;1-15-10-9-11-19-21(15)23-22-17(12-16(2)25(23)5)13-18(26(6,7)8)14-20(22)24(19,3)4;1-16-12-18-8-7-9-19(18)15-23(16)24-22-11-10-21(26(4,5)6)14-20(22)13-17(2)25(24)3/h11-16,19-20H,7-10H2,1-6H3;9-12,14-15,18-19H,7-8,13H2,1-6H3;9-14H,1-8H3;10-15H,7-9H2,1-6H3/q4*+1. The molecule has 109 heavy (non-hydrogen) atoms. The smallest absolute Gasteiger partial charge is 0.198 e. The summed E-state index contributed by atoms with van der Waals surface area (Å²) >= 11 is 0. The number of hydrogen-bond donors (Lipinski definition) is 0. The fourth-order valence-corrected chi connectivity index (χ4v) is 25.0. The molecule has 562 valence electrons. The number of rotatable bonds is 7. The molecule has 0 radical (unpaired) electrons. The first kappa shape index (κ1) is 76.6. The van der Waals surface area contributed by atoms with Gasteiger partial charge in [-0.2, -0.15) is 18.3 Å². The first-order valence-corrected chi connectivity index (χ1v) is 55.6. The SMILES string of the molecule is Cc1cc2c(cc1-c1c3ccc([Si](C)(C)C)cc3cc(C)[n+]1C)C1CCC2C1.Cc1cc2c(cc1-c1c3ccc([Si](C)(C)C)cc3cc(C)[n+]1C)C1CCC2CC1.Cc1cc2c(cc1-c1c3ccc([Si](C)(C)C)cc3cc(C)[n+]1C)CCC2.Cc1cccc2c1-c1c3c(cc([Si](C)(C)C)cc3cc(C)[n+]1C)C2(C)C. The number of aryl methyl sites for hydroxylation is 10. The molecule has 0 saturated heterocycles. The summed E-state index contributed by atoms with van der Waals surface area (Å²) in [5, 5.41) is 17.4. The van der Waals surface area contributed by atoms with E-state index in [0.29, 0.717) is 0 Å². The summed E-state index contributed by atoms with van der Waals surface area (Å²) in [6.45, 7) is 52.2. The summed E-state index contributed by atoms with van der Waals surface area (Å²) < 4.78 is 9.58. The highest BCUT2D eigenvalue weighted by Gasteiger charge is 2.42. The van der Waals surface area contributed by atoms with Crippen molar-refractivity contribution in [1.82, 2.24) is 0 Å². The van der Waals surface area contributed by atoms with Crippen molar-refractivity contribution in [3.05, 3.63) is 235 Å². The van der Waals surface area contributed by atoms with Crippen molar-refractivity contribution < 1.29 is 18.3 Å². The van der Waals surface area contributed by atoms with Gasteiger partial charge in [-0.3, -0.25) is 0 Å². The first-order valence-electron chi connectivity index (χ1n) is 41.6. The molecule has 0 aliphatic heterocycles. The quantitative estimate of drug-likeness (QED) is 0.112. The highest BCUT2D eigenvalue weighted by molar-refractivity contribution is 6.90. The van der Waals surface area contributed by atoms with Crippen LogP contribution in [0, 0.1) is 55.4 Å². The van der Waals surface area contributed by atoms with Crippen LogP contribution in [0.3, 0.4) is 0 Å². The molecule has 2 unspecified atom stereocenters. The fraction of sp³-hybridized carbons (Fsp3) is 0.406. The van der Waals surface area contributed by atoms with Crippen molar-refractivity contribution >= 4 is 96.1 Å². The van der Waals surface area contributed by atoms with Crippen LogP contribution in [-0.4, -0.2) is 32.3 Å². The Hall–Kier alpha value is -7.73. The van der Waals surface area contributed by atoms with Gasteiger partial charge in [0.15, 0.2) is 22.8 Å². The summed E-state index contributed by atoms with van der Waals surface area (Å²) in [5.74, 6) is 3.23. The van der Waals surface area contributed by atoms with E-state index >= 15 is 0 Å². The third kappa shape index (κ3) is 13.7. The zero-order chi connectivity index (χ0) is 77.9. The molecule has 8 heteroatoms. The van der Waals surface area contributed by atoms with Crippen LogP contribution in [0.4, 0.5) is 0 Å². The molecule has 4 nitrogen and oxygen atoms in total. The summed E-state index contributed by atoms with van der Waals surface area (Å²) in [6, 6.07) is 58.0. The van der Waals surface area contributed by atoms with Crippen molar-refractivity contribution in [3.8, 4) is 45.0 Å². The van der Waals surface area contributed by atoms with Crippen molar-refractivity contribution in [3.63, 3.8) is 0 Å². The molecule has 0 N–H and O–H groups in total. The van der Waals surface area contributed by atoms with Gasteiger partial charge in [0, 0.05) is 57.4 Å². The Morgan fingerprint density at radius 3 is 1.10 bits per heavy atom. The second kappa shape index (κ2) is 27.9. The van der Waals surface area contributed by atoms with Crippen LogP contribution < -0.4 is 39.0 Å². The van der Waals surface area contributed by atoms with E-state index < -0.39 is 32.3 Å². The van der Waals surface area contributed by atoms with Gasteiger partial charge in [0.2, 0.25) is 22.8 Å². The Balaban J connectivity index is 0.000000116. The van der Waals surface area contributed by atoms with E-state index in [0.717, 1.165) is 23.7 Å². The summed E-state index contributed by atoms with van der Waals surface area (Å²) in [4.78, 5) is 0. The highest BCUT2D eigenvalue weighted by Crippen LogP contribution is 2.55. The third-order valence-corrected chi connectivity index (χ3v) is 35.7. The maximum absolute atomic E-state index is 2.57. The van der Waals surface area contributed by atoms with Gasteiger partial charge in [0.1, 0.15) is 28.2 Å². The van der Waals surface area contributed by atoms with Gasteiger partial charge in [-0.1, -0.05) is 198 Å². The van der Waals surface area contributed by atoms with E-state index in [-0.39, 0.29) is 5.41 Å². The summed E-state index contributed by atoms with van der Waals surface area (Å²) in [5.41, 5.74) is 34.9. The molecule has 7 aliphatic carbocycles. The molecule has 2 atom stereocenters. The van der Waals surface area contributed by atoms with E-state index in [1.54, 1.807) is 48.9 Å². The van der Waals surface area contributed by atoms with E-state index in [1.165, 1.54) is 214 Å². The summed E-state index contributed by atoms with van der Waals surface area (Å²) in [7, 11) is 3.55. The van der Waals surface area contributed by atoms with Gasteiger partial charge in [-0.25, -0.2) is 0 Å². The van der Waals surface area contributed by atoms with Crippen molar-refractivity contribution in [1.29, 1.82) is 0 Å². The largest absolute Gasteiger partial charge is 0.221 e. The highest BCUT2D eigenvalue weighted by atomic mass is 28.3. The van der Waals surface area contributed by atoms with Gasteiger partial charge in [-0.15, -0.1) is 0 Å². The molecule has 4 bridgehead atoms. The van der Waals surface area contributed by atoms with Crippen LogP contribution in [0.15, 0.2) is 146 Å². The van der Waals surface area contributed by atoms with Crippen LogP contribution in [0.5, 0.6) is 0 Å². The van der Waals surface area contributed by atoms with Crippen molar-refractivity contribution in [2.45, 2.75) is 241 Å². The van der Waals surface area contributed by atoms with Crippen LogP contribution in [0.25, 0.3) is 88.1 Å². The predicted molar refractivity (Wildman–Crippen MR) is 479 cm³/mol. The maximum atomic E-state index is 2.57. The average molecular weight is 1510 g/mol. The van der Waals surface area contributed by atoms with E-state index in [1.807, 2.05) is 0 Å². The number of hydrogen-bond acceptors (Lipinski definition) is 0. The number of fused-ring (bicyclic) bond motifs is 13. The minimum atomic E-state index is -1.39. The zero-order valence-corrected chi connectivity index (χ0v) is 75.5. The Kier molecular flexibility index (Phi) is 19.6. The average Bonchev–Trinajstić information content (AvgIpc) is 0.893. The molecule has 7 aliphatic rings. The van der Waals surface area contributed by atoms with Crippen LogP contribution in [0.2, 0.25) is 78.6 Å². The molecule has 0 spiro atoms. The minimum absolute atomic E-state index is 0.0184. The normalized spacial score (nSPS) is 17.9. The topological polar surface area (TPSA) is 15.5 Å². The minimum Gasteiger partial charge on any atom is -0.198 e. The summed E-state index contributed by atoms with van der Waals surface area (Å²) in [6.07, 6.45) is 13.5. The predicted octanol–water partition coefficient (Wildman–Crippen LogP) is 22.2. The zero-order valence-electron chi connectivity index (χ0n) is 71.5. The van der Waals surface area contributed by atoms with Gasteiger partial charge < -0.3 is 0 Å². The van der Waals surface area contributed by atoms with Crippen LogP contribution in [0.1, 0.15) is 178 Å². The fourth-order valence-electron chi connectivity index (χ4n) is 20.4. The van der Waals surface area contributed by atoms with E-state index in [9.17, 15) is 0 Å².